The molecule has 102 valence electrons. The lowest BCUT2D eigenvalue weighted by Crippen LogP contribution is -2.30. The van der Waals surface area contributed by atoms with E-state index in [0.29, 0.717) is 11.3 Å². The minimum Gasteiger partial charge on any atom is -0.325 e. The fourth-order valence-electron chi connectivity index (χ4n) is 1.59. The third-order valence-corrected chi connectivity index (χ3v) is 2.52. The Balaban J connectivity index is 2.25. The number of carbonyl (C=O) groups excluding carboxylic acids is 1. The van der Waals surface area contributed by atoms with E-state index in [1.807, 2.05) is 20.2 Å². The van der Waals surface area contributed by atoms with Crippen molar-refractivity contribution in [2.75, 3.05) is 39.0 Å². The molecule has 0 bridgehead atoms. The summed E-state index contributed by atoms with van der Waals surface area (Å²) >= 11 is 0. The van der Waals surface area contributed by atoms with Crippen molar-refractivity contribution in [3.8, 4) is 6.07 Å². The van der Waals surface area contributed by atoms with E-state index in [0.717, 1.165) is 19.5 Å². The molecule has 0 saturated heterocycles. The van der Waals surface area contributed by atoms with Gasteiger partial charge >= 0.3 is 0 Å². The van der Waals surface area contributed by atoms with Crippen molar-refractivity contribution >= 4 is 11.6 Å². The third-order valence-electron chi connectivity index (χ3n) is 2.52. The molecule has 2 N–H and O–H groups in total. The number of carbonyl (C=O) groups is 1. The first kappa shape index (κ1) is 15.2. The molecular formula is C14H20N4O. The maximum Gasteiger partial charge on any atom is 0.238 e. The van der Waals surface area contributed by atoms with Crippen LogP contribution in [0.3, 0.4) is 0 Å². The Morgan fingerprint density at radius 3 is 2.89 bits per heavy atom. The smallest absolute Gasteiger partial charge is 0.238 e. The molecule has 0 spiro atoms. The van der Waals surface area contributed by atoms with Crippen LogP contribution in [-0.4, -0.2) is 44.5 Å². The number of nitriles is 1. The highest BCUT2D eigenvalue weighted by atomic mass is 16.1. The summed E-state index contributed by atoms with van der Waals surface area (Å²) in [6, 6.07) is 8.92. The Labute approximate surface area is 114 Å². The van der Waals surface area contributed by atoms with Gasteiger partial charge in [0, 0.05) is 5.69 Å². The molecule has 0 atom stereocenters. The van der Waals surface area contributed by atoms with Crippen LogP contribution in [0.5, 0.6) is 0 Å². The molecule has 0 aromatic heterocycles. The van der Waals surface area contributed by atoms with Gasteiger partial charge in [0.15, 0.2) is 0 Å². The summed E-state index contributed by atoms with van der Waals surface area (Å²) < 4.78 is 0. The van der Waals surface area contributed by atoms with E-state index in [1.54, 1.807) is 24.3 Å². The molecule has 0 aliphatic heterocycles. The van der Waals surface area contributed by atoms with Crippen LogP contribution in [-0.2, 0) is 4.79 Å². The number of amides is 1. The van der Waals surface area contributed by atoms with Crippen LogP contribution >= 0.6 is 0 Å². The summed E-state index contributed by atoms with van der Waals surface area (Å²) in [6.07, 6.45) is 1.00. The lowest BCUT2D eigenvalue weighted by Gasteiger charge is -2.10. The number of rotatable bonds is 7. The van der Waals surface area contributed by atoms with E-state index in [1.165, 1.54) is 0 Å². The summed E-state index contributed by atoms with van der Waals surface area (Å²) in [7, 11) is 4.05. The zero-order valence-electron chi connectivity index (χ0n) is 11.4. The Hall–Kier alpha value is -1.90. The summed E-state index contributed by atoms with van der Waals surface area (Å²) in [5.74, 6) is -0.0973. The molecule has 0 unspecified atom stereocenters. The lowest BCUT2D eigenvalue weighted by molar-refractivity contribution is -0.115. The van der Waals surface area contributed by atoms with Crippen molar-refractivity contribution in [1.29, 1.82) is 5.26 Å². The van der Waals surface area contributed by atoms with Gasteiger partial charge in [-0.25, -0.2) is 0 Å². The molecule has 0 aliphatic rings. The molecule has 0 saturated carbocycles. The van der Waals surface area contributed by atoms with Crippen LogP contribution in [0.4, 0.5) is 5.69 Å². The fraction of sp³-hybridized carbons (Fsp3) is 0.429. The van der Waals surface area contributed by atoms with E-state index in [4.69, 9.17) is 5.26 Å². The van der Waals surface area contributed by atoms with Crippen molar-refractivity contribution in [3.63, 3.8) is 0 Å². The van der Waals surface area contributed by atoms with Crippen molar-refractivity contribution < 1.29 is 4.79 Å². The maximum absolute atomic E-state index is 11.6. The molecule has 19 heavy (non-hydrogen) atoms. The van der Waals surface area contributed by atoms with E-state index in [2.05, 4.69) is 15.5 Å². The van der Waals surface area contributed by atoms with E-state index in [9.17, 15) is 4.79 Å². The van der Waals surface area contributed by atoms with E-state index >= 15 is 0 Å². The Morgan fingerprint density at radius 2 is 2.21 bits per heavy atom. The molecule has 1 aromatic rings. The summed E-state index contributed by atoms with van der Waals surface area (Å²) in [4.78, 5) is 13.7. The predicted octanol–water partition coefficient (Wildman–Crippen LogP) is 1.04. The van der Waals surface area contributed by atoms with E-state index < -0.39 is 0 Å². The van der Waals surface area contributed by atoms with Crippen molar-refractivity contribution in [2.24, 2.45) is 0 Å². The molecular weight excluding hydrogens is 240 g/mol. The van der Waals surface area contributed by atoms with Gasteiger partial charge in [-0.1, -0.05) is 6.07 Å². The fourth-order valence-corrected chi connectivity index (χ4v) is 1.59. The van der Waals surface area contributed by atoms with Gasteiger partial charge in [-0.15, -0.1) is 0 Å². The molecule has 0 fully saturated rings. The van der Waals surface area contributed by atoms with Crippen LogP contribution in [0, 0.1) is 11.3 Å². The first-order chi connectivity index (χ1) is 9.11. The van der Waals surface area contributed by atoms with Crippen molar-refractivity contribution in [2.45, 2.75) is 6.42 Å². The summed E-state index contributed by atoms with van der Waals surface area (Å²) in [5, 5.41) is 14.6. The monoisotopic (exact) mass is 260 g/mol. The van der Waals surface area contributed by atoms with Gasteiger partial charge < -0.3 is 15.5 Å². The molecule has 5 heteroatoms. The third kappa shape index (κ3) is 6.55. The largest absolute Gasteiger partial charge is 0.325 e. The normalized spacial score (nSPS) is 10.2. The number of hydrogen-bond acceptors (Lipinski definition) is 4. The van der Waals surface area contributed by atoms with Gasteiger partial charge in [0.1, 0.15) is 0 Å². The SMILES string of the molecule is CN(C)CCCNCC(=O)Nc1cccc(C#N)c1. The zero-order valence-corrected chi connectivity index (χ0v) is 11.4. The quantitative estimate of drug-likeness (QED) is 0.719. The molecule has 1 rings (SSSR count). The number of hydrogen-bond donors (Lipinski definition) is 2. The van der Waals surface area contributed by atoms with Gasteiger partial charge in [-0.3, -0.25) is 4.79 Å². The van der Waals surface area contributed by atoms with Crippen molar-refractivity contribution in [1.82, 2.24) is 10.2 Å². The molecule has 1 aromatic carbocycles. The Morgan fingerprint density at radius 1 is 1.42 bits per heavy atom. The number of nitrogens with one attached hydrogen (secondary N) is 2. The van der Waals surface area contributed by atoms with Gasteiger partial charge in [-0.05, 0) is 51.8 Å². The molecule has 5 nitrogen and oxygen atoms in total. The summed E-state index contributed by atoms with van der Waals surface area (Å²) in [5.41, 5.74) is 1.19. The number of benzene rings is 1. The van der Waals surface area contributed by atoms with Crippen LogP contribution < -0.4 is 10.6 Å². The van der Waals surface area contributed by atoms with Crippen LogP contribution in [0.15, 0.2) is 24.3 Å². The van der Waals surface area contributed by atoms with Gasteiger partial charge in [0.05, 0.1) is 18.2 Å². The molecule has 1 amide bonds. The number of nitrogens with zero attached hydrogens (tertiary/aromatic N) is 2. The average molecular weight is 260 g/mol. The highest BCUT2D eigenvalue weighted by Gasteiger charge is 2.02. The van der Waals surface area contributed by atoms with Crippen LogP contribution in [0.1, 0.15) is 12.0 Å². The lowest BCUT2D eigenvalue weighted by atomic mass is 10.2. The Bertz CT molecular complexity index is 451. The molecule has 0 heterocycles. The molecule has 0 radical (unpaired) electrons. The minimum atomic E-state index is -0.0973. The summed E-state index contributed by atoms with van der Waals surface area (Å²) in [6.45, 7) is 2.09. The Kier molecular flexibility index (Phi) is 6.58. The van der Waals surface area contributed by atoms with Crippen molar-refractivity contribution in [3.05, 3.63) is 29.8 Å². The molecule has 0 aliphatic carbocycles. The highest BCUT2D eigenvalue weighted by Crippen LogP contribution is 2.09. The maximum atomic E-state index is 11.6. The predicted molar refractivity (Wildman–Crippen MR) is 75.8 cm³/mol. The second kappa shape index (κ2) is 8.25. The average Bonchev–Trinajstić information content (AvgIpc) is 2.38. The second-order valence-corrected chi connectivity index (χ2v) is 4.57. The first-order valence-corrected chi connectivity index (χ1v) is 6.27. The first-order valence-electron chi connectivity index (χ1n) is 6.27. The van der Waals surface area contributed by atoms with Gasteiger partial charge in [0.2, 0.25) is 5.91 Å². The number of anilines is 1. The van der Waals surface area contributed by atoms with Crippen LogP contribution in [0.2, 0.25) is 0 Å². The van der Waals surface area contributed by atoms with Gasteiger partial charge in [0.25, 0.3) is 0 Å². The van der Waals surface area contributed by atoms with Gasteiger partial charge in [-0.2, -0.15) is 5.26 Å². The van der Waals surface area contributed by atoms with E-state index in [-0.39, 0.29) is 12.5 Å². The highest BCUT2D eigenvalue weighted by molar-refractivity contribution is 5.92. The second-order valence-electron chi connectivity index (χ2n) is 4.57. The van der Waals surface area contributed by atoms with Crippen LogP contribution in [0.25, 0.3) is 0 Å². The minimum absolute atomic E-state index is 0.0973. The standard InChI is InChI=1S/C14H20N4O/c1-18(2)8-4-7-16-11-14(19)17-13-6-3-5-12(9-13)10-15/h3,5-6,9,16H,4,7-8,11H2,1-2H3,(H,17,19). The zero-order chi connectivity index (χ0) is 14.1. The topological polar surface area (TPSA) is 68.2 Å².